The molecule has 2 rings (SSSR count). The molecule has 1 aromatic heterocycles. The van der Waals surface area contributed by atoms with E-state index >= 15 is 0 Å². The average molecular weight is 312 g/mol. The lowest BCUT2D eigenvalue weighted by Gasteiger charge is -2.08. The van der Waals surface area contributed by atoms with Gasteiger partial charge in [-0.15, -0.1) is 0 Å². The molecule has 2 aromatic rings. The molecule has 0 saturated heterocycles. The summed E-state index contributed by atoms with van der Waals surface area (Å²) < 4.78 is 2.31. The molecule has 0 radical (unpaired) electrons. The van der Waals surface area contributed by atoms with E-state index in [0.29, 0.717) is 23.2 Å². The number of nitrogens with one attached hydrogen (secondary N) is 1. The van der Waals surface area contributed by atoms with Crippen molar-refractivity contribution in [1.82, 2.24) is 14.8 Å². The normalized spacial score (nSPS) is 10.3. The summed E-state index contributed by atoms with van der Waals surface area (Å²) >= 11 is 3.29. The maximum atomic E-state index is 10.9. The van der Waals surface area contributed by atoms with Crippen LogP contribution < -0.4 is 5.32 Å². The molecule has 8 heteroatoms. The molecule has 0 spiro atoms. The van der Waals surface area contributed by atoms with Crippen molar-refractivity contribution in [3.8, 4) is 0 Å². The zero-order valence-corrected chi connectivity index (χ0v) is 10.9. The van der Waals surface area contributed by atoms with Gasteiger partial charge >= 0.3 is 0 Å². The van der Waals surface area contributed by atoms with Gasteiger partial charge in [-0.05, 0) is 22.0 Å². The summed E-state index contributed by atoms with van der Waals surface area (Å²) in [6, 6.07) is 4.85. The Hall–Kier alpha value is -1.96. The van der Waals surface area contributed by atoms with Gasteiger partial charge < -0.3 is 5.32 Å². The second kappa shape index (κ2) is 5.58. The quantitative estimate of drug-likeness (QED) is 0.674. The summed E-state index contributed by atoms with van der Waals surface area (Å²) in [4.78, 5) is 14.3. The smallest absolute Gasteiger partial charge is 0.293 e. The monoisotopic (exact) mass is 311 g/mol. The largest absolute Gasteiger partial charge is 0.377 e. The molecule has 0 atom stereocenters. The standard InChI is InChI=1S/C10H10BrN5O2/c11-8-2-1-3-9(16(17)18)10(8)13-4-5-15-7-12-6-14-15/h1-3,6-7,13H,4-5H2. The Morgan fingerprint density at radius 3 is 3.00 bits per heavy atom. The van der Waals surface area contributed by atoms with Gasteiger partial charge in [-0.1, -0.05) is 6.07 Å². The third-order valence-corrected chi connectivity index (χ3v) is 2.96. The van der Waals surface area contributed by atoms with E-state index in [1.54, 1.807) is 23.1 Å². The minimum Gasteiger partial charge on any atom is -0.377 e. The third-order valence-electron chi connectivity index (χ3n) is 2.30. The Labute approximate surface area is 111 Å². The van der Waals surface area contributed by atoms with E-state index in [0.717, 1.165) is 0 Å². The fourth-order valence-electron chi connectivity index (χ4n) is 1.48. The summed E-state index contributed by atoms with van der Waals surface area (Å²) in [5.74, 6) is 0. The van der Waals surface area contributed by atoms with Crippen LogP contribution in [0.4, 0.5) is 11.4 Å². The van der Waals surface area contributed by atoms with Crippen molar-refractivity contribution in [2.75, 3.05) is 11.9 Å². The Kier molecular flexibility index (Phi) is 3.88. The van der Waals surface area contributed by atoms with Gasteiger partial charge in [0.2, 0.25) is 0 Å². The second-order valence-electron chi connectivity index (χ2n) is 3.48. The minimum atomic E-state index is -0.414. The lowest BCUT2D eigenvalue weighted by atomic mass is 10.2. The molecule has 0 unspecified atom stereocenters. The molecule has 0 aliphatic rings. The topological polar surface area (TPSA) is 85.9 Å². The first-order valence-corrected chi connectivity index (χ1v) is 5.97. The second-order valence-corrected chi connectivity index (χ2v) is 4.33. The van der Waals surface area contributed by atoms with E-state index in [9.17, 15) is 10.1 Å². The highest BCUT2D eigenvalue weighted by Gasteiger charge is 2.15. The number of nitrogens with zero attached hydrogens (tertiary/aromatic N) is 4. The molecule has 1 aromatic carbocycles. The summed E-state index contributed by atoms with van der Waals surface area (Å²) in [7, 11) is 0. The van der Waals surface area contributed by atoms with Gasteiger partial charge in [-0.3, -0.25) is 14.8 Å². The summed E-state index contributed by atoms with van der Waals surface area (Å²) in [6.07, 6.45) is 3.04. The number of hydrogen-bond acceptors (Lipinski definition) is 5. The highest BCUT2D eigenvalue weighted by molar-refractivity contribution is 9.10. The molecule has 1 heterocycles. The van der Waals surface area contributed by atoms with Crippen molar-refractivity contribution >= 4 is 27.3 Å². The number of hydrogen-bond donors (Lipinski definition) is 1. The van der Waals surface area contributed by atoms with Crippen LogP contribution in [0.2, 0.25) is 0 Å². The van der Waals surface area contributed by atoms with Crippen molar-refractivity contribution in [3.63, 3.8) is 0 Å². The molecule has 0 bridgehead atoms. The van der Waals surface area contributed by atoms with Crippen LogP contribution >= 0.6 is 15.9 Å². The molecule has 0 amide bonds. The van der Waals surface area contributed by atoms with E-state index in [4.69, 9.17) is 0 Å². The van der Waals surface area contributed by atoms with E-state index in [1.807, 2.05) is 0 Å². The van der Waals surface area contributed by atoms with Crippen molar-refractivity contribution in [1.29, 1.82) is 0 Å². The molecular weight excluding hydrogens is 302 g/mol. The first-order valence-electron chi connectivity index (χ1n) is 5.17. The van der Waals surface area contributed by atoms with Crippen LogP contribution in [0.25, 0.3) is 0 Å². The lowest BCUT2D eigenvalue weighted by Crippen LogP contribution is -2.12. The molecule has 1 N–H and O–H groups in total. The average Bonchev–Trinajstić information content (AvgIpc) is 2.84. The Morgan fingerprint density at radius 1 is 1.50 bits per heavy atom. The van der Waals surface area contributed by atoms with Gasteiger partial charge in [0.05, 0.1) is 11.5 Å². The fraction of sp³-hybridized carbons (Fsp3) is 0.200. The van der Waals surface area contributed by atoms with Crippen molar-refractivity contribution < 1.29 is 4.92 Å². The van der Waals surface area contributed by atoms with E-state index < -0.39 is 4.92 Å². The van der Waals surface area contributed by atoms with Crippen LogP contribution in [0, 0.1) is 10.1 Å². The minimum absolute atomic E-state index is 0.0444. The highest BCUT2D eigenvalue weighted by atomic mass is 79.9. The number of nitro groups is 1. The molecule has 94 valence electrons. The van der Waals surface area contributed by atoms with Crippen molar-refractivity contribution in [2.24, 2.45) is 0 Å². The molecular formula is C10H10BrN5O2. The number of nitro benzene ring substituents is 1. The molecule has 0 fully saturated rings. The summed E-state index contributed by atoms with van der Waals surface area (Å²) in [6.45, 7) is 1.10. The number of benzene rings is 1. The SMILES string of the molecule is O=[N+]([O-])c1cccc(Br)c1NCCn1cncn1. The van der Waals surface area contributed by atoms with Crippen LogP contribution in [-0.2, 0) is 6.54 Å². The lowest BCUT2D eigenvalue weighted by molar-refractivity contribution is -0.384. The van der Waals surface area contributed by atoms with Gasteiger partial charge in [0.25, 0.3) is 5.69 Å². The first-order chi connectivity index (χ1) is 8.68. The summed E-state index contributed by atoms with van der Waals surface area (Å²) in [5.41, 5.74) is 0.519. The van der Waals surface area contributed by atoms with E-state index in [-0.39, 0.29) is 5.69 Å². The van der Waals surface area contributed by atoms with Crippen molar-refractivity contribution in [2.45, 2.75) is 6.54 Å². The van der Waals surface area contributed by atoms with Gasteiger partial charge in [-0.2, -0.15) is 5.10 Å². The van der Waals surface area contributed by atoms with E-state index in [1.165, 1.54) is 12.4 Å². The van der Waals surface area contributed by atoms with Gasteiger partial charge in [-0.25, -0.2) is 4.98 Å². The summed E-state index contributed by atoms with van der Waals surface area (Å²) in [5, 5.41) is 17.9. The van der Waals surface area contributed by atoms with Crippen LogP contribution in [0.3, 0.4) is 0 Å². The number of rotatable bonds is 5. The molecule has 0 aliphatic heterocycles. The number of halogens is 1. The third kappa shape index (κ3) is 2.83. The van der Waals surface area contributed by atoms with Crippen molar-refractivity contribution in [3.05, 3.63) is 45.4 Å². The maximum absolute atomic E-state index is 10.9. The fourth-order valence-corrected chi connectivity index (χ4v) is 1.98. The molecule has 7 nitrogen and oxygen atoms in total. The van der Waals surface area contributed by atoms with E-state index in [2.05, 4.69) is 31.3 Å². The zero-order valence-electron chi connectivity index (χ0n) is 9.28. The predicted octanol–water partition coefficient (Wildman–Crippen LogP) is 2.06. The molecule has 0 saturated carbocycles. The zero-order chi connectivity index (χ0) is 13.0. The van der Waals surface area contributed by atoms with Crippen LogP contribution in [0.1, 0.15) is 0 Å². The van der Waals surface area contributed by atoms with Crippen LogP contribution in [0.5, 0.6) is 0 Å². The van der Waals surface area contributed by atoms with Gasteiger partial charge in [0.15, 0.2) is 0 Å². The van der Waals surface area contributed by atoms with Gasteiger partial charge in [0.1, 0.15) is 18.3 Å². The molecule has 18 heavy (non-hydrogen) atoms. The Morgan fingerprint density at radius 2 is 2.33 bits per heavy atom. The Bertz CT molecular complexity index is 543. The Balaban J connectivity index is 2.06. The van der Waals surface area contributed by atoms with Gasteiger partial charge in [0, 0.05) is 17.1 Å². The van der Waals surface area contributed by atoms with Crippen LogP contribution in [-0.4, -0.2) is 26.2 Å². The first kappa shape index (κ1) is 12.5. The predicted molar refractivity (Wildman–Crippen MR) is 69.3 cm³/mol. The maximum Gasteiger partial charge on any atom is 0.293 e. The molecule has 0 aliphatic carbocycles. The number of para-hydroxylation sites is 1. The number of anilines is 1. The number of aromatic nitrogens is 3. The van der Waals surface area contributed by atoms with Crippen LogP contribution in [0.15, 0.2) is 35.3 Å². The highest BCUT2D eigenvalue weighted by Crippen LogP contribution is 2.31.